The predicted octanol–water partition coefficient (Wildman–Crippen LogP) is 3.57. The Kier molecular flexibility index (Phi) is 6.75. The Bertz CT molecular complexity index is 648. The van der Waals surface area contributed by atoms with Gasteiger partial charge in [-0.15, -0.1) is 12.4 Å². The van der Waals surface area contributed by atoms with Crippen molar-refractivity contribution in [3.8, 4) is 0 Å². The molecule has 1 N–H and O–H groups in total. The molecule has 1 aliphatic heterocycles. The summed E-state index contributed by atoms with van der Waals surface area (Å²) < 4.78 is 18.4. The summed E-state index contributed by atoms with van der Waals surface area (Å²) in [5.74, 6) is 1.20. The van der Waals surface area contributed by atoms with Gasteiger partial charge in [0.15, 0.2) is 0 Å². The van der Waals surface area contributed by atoms with Crippen molar-refractivity contribution in [2.45, 2.75) is 19.8 Å². The van der Waals surface area contributed by atoms with Gasteiger partial charge in [0.25, 0.3) is 0 Å². The van der Waals surface area contributed by atoms with Gasteiger partial charge in [0.1, 0.15) is 11.6 Å². The van der Waals surface area contributed by atoms with Gasteiger partial charge in [-0.1, -0.05) is 13.3 Å². The molecule has 0 aliphatic carbocycles. The molecule has 130 valence electrons. The molecule has 0 atom stereocenters. The molecule has 1 saturated heterocycles. The molecule has 7 heteroatoms. The number of hydrogen-bond donors (Lipinski definition) is 1. The van der Waals surface area contributed by atoms with Crippen molar-refractivity contribution >= 4 is 29.9 Å². The van der Waals surface area contributed by atoms with Crippen molar-refractivity contribution < 1.29 is 9.13 Å². The van der Waals surface area contributed by atoms with Crippen LogP contribution in [0.25, 0.3) is 0 Å². The highest BCUT2D eigenvalue weighted by Crippen LogP contribution is 2.20. The van der Waals surface area contributed by atoms with Gasteiger partial charge in [0.05, 0.1) is 13.2 Å². The van der Waals surface area contributed by atoms with Crippen molar-refractivity contribution in [1.82, 2.24) is 9.97 Å². The van der Waals surface area contributed by atoms with Crippen LogP contribution in [0.15, 0.2) is 30.3 Å². The third-order valence-electron chi connectivity index (χ3n) is 3.71. The molecular formula is C17H22ClFN4O. The number of aromatic nitrogens is 2. The maximum atomic E-state index is 13.0. The molecule has 0 amide bonds. The molecule has 2 heterocycles. The number of benzene rings is 1. The SMILES string of the molecule is CCCc1cc(N2CCOCC2)nc(Nc2ccc(F)cc2)n1.Cl. The van der Waals surface area contributed by atoms with Crippen LogP contribution in [0.2, 0.25) is 0 Å². The molecule has 2 aromatic rings. The first-order valence-electron chi connectivity index (χ1n) is 7.98. The Morgan fingerprint density at radius 1 is 1.17 bits per heavy atom. The summed E-state index contributed by atoms with van der Waals surface area (Å²) in [5, 5.41) is 3.16. The fraction of sp³-hybridized carbons (Fsp3) is 0.412. The van der Waals surface area contributed by atoms with Crippen molar-refractivity contribution in [3.05, 3.63) is 41.8 Å². The summed E-state index contributed by atoms with van der Waals surface area (Å²) in [5.41, 5.74) is 1.78. The lowest BCUT2D eigenvalue weighted by atomic mass is 10.2. The zero-order valence-electron chi connectivity index (χ0n) is 13.7. The summed E-state index contributed by atoms with van der Waals surface area (Å²) in [6.45, 7) is 5.22. The Morgan fingerprint density at radius 2 is 1.88 bits per heavy atom. The van der Waals surface area contributed by atoms with Crippen LogP contribution in [-0.2, 0) is 11.2 Å². The van der Waals surface area contributed by atoms with Gasteiger partial charge in [0, 0.05) is 30.5 Å². The highest BCUT2D eigenvalue weighted by Gasteiger charge is 2.15. The smallest absolute Gasteiger partial charge is 0.229 e. The fourth-order valence-corrected chi connectivity index (χ4v) is 2.54. The van der Waals surface area contributed by atoms with E-state index in [9.17, 15) is 4.39 Å². The van der Waals surface area contributed by atoms with Crippen LogP contribution in [0.5, 0.6) is 0 Å². The lowest BCUT2D eigenvalue weighted by Gasteiger charge is -2.28. The molecule has 3 rings (SSSR count). The summed E-state index contributed by atoms with van der Waals surface area (Å²) >= 11 is 0. The van der Waals surface area contributed by atoms with Gasteiger partial charge >= 0.3 is 0 Å². The quantitative estimate of drug-likeness (QED) is 0.891. The van der Waals surface area contributed by atoms with Crippen LogP contribution >= 0.6 is 12.4 Å². The summed E-state index contributed by atoms with van der Waals surface area (Å²) in [7, 11) is 0. The van der Waals surface area contributed by atoms with Crippen molar-refractivity contribution in [2.24, 2.45) is 0 Å². The first-order chi connectivity index (χ1) is 11.2. The Morgan fingerprint density at radius 3 is 2.54 bits per heavy atom. The number of hydrogen-bond acceptors (Lipinski definition) is 5. The normalized spacial score (nSPS) is 14.2. The minimum absolute atomic E-state index is 0. The molecule has 0 saturated carbocycles. The number of anilines is 3. The first-order valence-corrected chi connectivity index (χ1v) is 7.98. The second-order valence-corrected chi connectivity index (χ2v) is 5.52. The molecule has 1 aromatic carbocycles. The van der Waals surface area contributed by atoms with Crippen LogP contribution in [0.1, 0.15) is 19.0 Å². The molecule has 24 heavy (non-hydrogen) atoms. The molecule has 5 nitrogen and oxygen atoms in total. The lowest BCUT2D eigenvalue weighted by Crippen LogP contribution is -2.37. The number of nitrogens with one attached hydrogen (secondary N) is 1. The average molecular weight is 353 g/mol. The largest absolute Gasteiger partial charge is 0.378 e. The van der Waals surface area contributed by atoms with E-state index >= 15 is 0 Å². The molecular weight excluding hydrogens is 331 g/mol. The highest BCUT2D eigenvalue weighted by molar-refractivity contribution is 5.85. The van der Waals surface area contributed by atoms with Crippen molar-refractivity contribution in [3.63, 3.8) is 0 Å². The van der Waals surface area contributed by atoms with Crippen LogP contribution in [0, 0.1) is 5.82 Å². The molecule has 0 radical (unpaired) electrons. The van der Waals surface area contributed by atoms with E-state index in [2.05, 4.69) is 27.1 Å². The van der Waals surface area contributed by atoms with E-state index in [-0.39, 0.29) is 18.2 Å². The van der Waals surface area contributed by atoms with Gasteiger partial charge in [0.2, 0.25) is 5.95 Å². The van der Waals surface area contributed by atoms with Gasteiger partial charge in [-0.2, -0.15) is 4.98 Å². The van der Waals surface area contributed by atoms with Gasteiger partial charge in [-0.25, -0.2) is 9.37 Å². The van der Waals surface area contributed by atoms with Crippen LogP contribution in [0.3, 0.4) is 0 Å². The second kappa shape index (κ2) is 8.80. The van der Waals surface area contributed by atoms with Crippen LogP contribution < -0.4 is 10.2 Å². The third-order valence-corrected chi connectivity index (χ3v) is 3.71. The maximum Gasteiger partial charge on any atom is 0.229 e. The van der Waals surface area contributed by atoms with Gasteiger partial charge in [-0.3, -0.25) is 0 Å². The highest BCUT2D eigenvalue weighted by atomic mass is 35.5. The minimum atomic E-state index is -0.259. The average Bonchev–Trinajstić information content (AvgIpc) is 2.58. The zero-order chi connectivity index (χ0) is 16.1. The van der Waals surface area contributed by atoms with E-state index in [1.165, 1.54) is 12.1 Å². The topological polar surface area (TPSA) is 50.3 Å². The number of rotatable bonds is 5. The molecule has 0 unspecified atom stereocenters. The number of nitrogens with zero attached hydrogens (tertiary/aromatic N) is 3. The standard InChI is InChI=1S/C17H21FN4O.ClH/c1-2-3-15-12-16(22-8-10-23-11-9-22)21-17(20-15)19-14-6-4-13(18)5-7-14;/h4-7,12H,2-3,8-11H2,1H3,(H,19,20,21);1H. The van der Waals surface area contributed by atoms with E-state index in [0.29, 0.717) is 19.2 Å². The molecule has 1 fully saturated rings. The number of morpholine rings is 1. The van der Waals surface area contributed by atoms with E-state index in [4.69, 9.17) is 4.74 Å². The summed E-state index contributed by atoms with van der Waals surface area (Å²) in [4.78, 5) is 11.4. The Labute approximate surface area is 147 Å². The predicted molar refractivity (Wildman–Crippen MR) is 96.0 cm³/mol. The third kappa shape index (κ3) is 4.79. The number of aryl methyl sites for hydroxylation is 1. The fourth-order valence-electron chi connectivity index (χ4n) is 2.54. The summed E-state index contributed by atoms with van der Waals surface area (Å²) in [6, 6.07) is 8.24. The zero-order valence-corrected chi connectivity index (χ0v) is 14.5. The minimum Gasteiger partial charge on any atom is -0.378 e. The Hall–Kier alpha value is -1.92. The van der Waals surface area contributed by atoms with E-state index in [0.717, 1.165) is 43.1 Å². The van der Waals surface area contributed by atoms with Crippen molar-refractivity contribution in [1.29, 1.82) is 0 Å². The molecule has 1 aromatic heterocycles. The van der Waals surface area contributed by atoms with Crippen molar-refractivity contribution in [2.75, 3.05) is 36.5 Å². The second-order valence-electron chi connectivity index (χ2n) is 5.52. The van der Waals surface area contributed by atoms with Gasteiger partial charge in [-0.05, 0) is 30.7 Å². The Balaban J connectivity index is 0.00000208. The lowest BCUT2D eigenvalue weighted by molar-refractivity contribution is 0.122. The monoisotopic (exact) mass is 352 g/mol. The van der Waals surface area contributed by atoms with Crippen LogP contribution in [0.4, 0.5) is 21.8 Å². The van der Waals surface area contributed by atoms with E-state index in [1.807, 2.05) is 6.07 Å². The molecule has 0 spiro atoms. The maximum absolute atomic E-state index is 13.0. The number of halogens is 2. The van der Waals surface area contributed by atoms with Crippen LogP contribution in [-0.4, -0.2) is 36.3 Å². The first kappa shape index (κ1) is 18.4. The van der Waals surface area contributed by atoms with Gasteiger partial charge < -0.3 is 15.0 Å². The molecule has 0 bridgehead atoms. The van der Waals surface area contributed by atoms with E-state index < -0.39 is 0 Å². The van der Waals surface area contributed by atoms with E-state index in [1.54, 1.807) is 12.1 Å². The molecule has 1 aliphatic rings. The number of ether oxygens (including phenoxy) is 1. The summed E-state index contributed by atoms with van der Waals surface area (Å²) in [6.07, 6.45) is 1.92.